The SMILES string of the molecule is CCNC(Cc1cc(C)nn1C)C(C)(C)c1ccccc1. The van der Waals surface area contributed by atoms with Gasteiger partial charge in [0, 0.05) is 30.6 Å². The summed E-state index contributed by atoms with van der Waals surface area (Å²) in [6.45, 7) is 9.83. The molecule has 0 radical (unpaired) electrons. The van der Waals surface area contributed by atoms with Crippen molar-refractivity contribution in [3.05, 3.63) is 53.3 Å². The standard InChI is InChI=1S/C18H27N3/c1-6-19-17(13-16-12-14(2)20-21(16)5)18(3,4)15-10-8-7-9-11-15/h7-12,17,19H,6,13H2,1-5H3. The van der Waals surface area contributed by atoms with E-state index < -0.39 is 0 Å². The zero-order chi connectivity index (χ0) is 15.5. The number of nitrogens with zero attached hydrogens (tertiary/aromatic N) is 2. The molecule has 3 heteroatoms. The lowest BCUT2D eigenvalue weighted by Crippen LogP contribution is -2.46. The fourth-order valence-electron chi connectivity index (χ4n) is 2.96. The van der Waals surface area contributed by atoms with Crippen LogP contribution in [0, 0.1) is 6.92 Å². The van der Waals surface area contributed by atoms with E-state index >= 15 is 0 Å². The fourth-order valence-corrected chi connectivity index (χ4v) is 2.96. The molecule has 0 aliphatic heterocycles. The van der Waals surface area contributed by atoms with Gasteiger partial charge in [-0.15, -0.1) is 0 Å². The Morgan fingerprint density at radius 3 is 2.43 bits per heavy atom. The van der Waals surface area contributed by atoms with Crippen LogP contribution in [0.3, 0.4) is 0 Å². The monoisotopic (exact) mass is 285 g/mol. The summed E-state index contributed by atoms with van der Waals surface area (Å²) in [5.41, 5.74) is 3.80. The maximum absolute atomic E-state index is 4.47. The van der Waals surface area contributed by atoms with Gasteiger partial charge in [0.15, 0.2) is 0 Å². The molecule has 1 atom stereocenters. The average molecular weight is 285 g/mol. The van der Waals surface area contributed by atoms with Crippen LogP contribution in [0.4, 0.5) is 0 Å². The molecule has 2 aromatic rings. The van der Waals surface area contributed by atoms with Gasteiger partial charge in [-0.3, -0.25) is 4.68 Å². The largest absolute Gasteiger partial charge is 0.313 e. The quantitative estimate of drug-likeness (QED) is 0.883. The molecule has 0 aliphatic rings. The summed E-state index contributed by atoms with van der Waals surface area (Å²) < 4.78 is 2.00. The van der Waals surface area contributed by atoms with Gasteiger partial charge in [0.1, 0.15) is 0 Å². The minimum atomic E-state index is 0.0649. The predicted octanol–water partition coefficient (Wildman–Crippen LogP) is 3.23. The fraction of sp³-hybridized carbons (Fsp3) is 0.500. The molecule has 2 rings (SSSR count). The van der Waals surface area contributed by atoms with E-state index in [0.717, 1.165) is 18.7 Å². The van der Waals surface area contributed by atoms with Crippen molar-refractivity contribution in [1.29, 1.82) is 0 Å². The molecule has 0 amide bonds. The van der Waals surface area contributed by atoms with Crippen LogP contribution in [0.25, 0.3) is 0 Å². The van der Waals surface area contributed by atoms with Crippen molar-refractivity contribution in [3.8, 4) is 0 Å². The Kier molecular flexibility index (Phi) is 4.84. The Morgan fingerprint density at radius 1 is 1.24 bits per heavy atom. The number of hydrogen-bond acceptors (Lipinski definition) is 2. The van der Waals surface area contributed by atoms with Crippen LogP contribution in [0.1, 0.15) is 37.7 Å². The maximum Gasteiger partial charge on any atom is 0.0596 e. The molecule has 0 bridgehead atoms. The first-order valence-electron chi connectivity index (χ1n) is 7.73. The topological polar surface area (TPSA) is 29.9 Å². The van der Waals surface area contributed by atoms with E-state index in [1.807, 2.05) is 18.7 Å². The van der Waals surface area contributed by atoms with Gasteiger partial charge in [-0.25, -0.2) is 0 Å². The third-order valence-electron chi connectivity index (χ3n) is 4.35. The minimum absolute atomic E-state index is 0.0649. The van der Waals surface area contributed by atoms with E-state index in [9.17, 15) is 0 Å². The molecule has 0 spiro atoms. The second kappa shape index (κ2) is 6.44. The Labute approximate surface area is 128 Å². The number of benzene rings is 1. The summed E-state index contributed by atoms with van der Waals surface area (Å²) in [6.07, 6.45) is 0.979. The van der Waals surface area contributed by atoms with E-state index in [0.29, 0.717) is 6.04 Å². The highest BCUT2D eigenvalue weighted by molar-refractivity contribution is 5.27. The Balaban J connectivity index is 2.28. The van der Waals surface area contributed by atoms with Crippen molar-refractivity contribution in [2.75, 3.05) is 6.54 Å². The lowest BCUT2D eigenvalue weighted by atomic mass is 9.76. The highest BCUT2D eigenvalue weighted by Crippen LogP contribution is 2.29. The van der Waals surface area contributed by atoms with E-state index in [1.54, 1.807) is 0 Å². The zero-order valence-corrected chi connectivity index (χ0v) is 13.9. The maximum atomic E-state index is 4.47. The van der Waals surface area contributed by atoms with Crippen LogP contribution >= 0.6 is 0 Å². The van der Waals surface area contributed by atoms with E-state index in [1.165, 1.54) is 11.3 Å². The molecular weight excluding hydrogens is 258 g/mol. The predicted molar refractivity (Wildman–Crippen MR) is 88.6 cm³/mol. The van der Waals surface area contributed by atoms with Crippen LogP contribution in [0.15, 0.2) is 36.4 Å². The van der Waals surface area contributed by atoms with Crippen molar-refractivity contribution in [3.63, 3.8) is 0 Å². The zero-order valence-electron chi connectivity index (χ0n) is 13.9. The number of likely N-dealkylation sites (N-methyl/N-ethyl adjacent to an activating group) is 1. The normalized spacial score (nSPS) is 13.4. The summed E-state index contributed by atoms with van der Waals surface area (Å²) in [4.78, 5) is 0. The molecule has 1 N–H and O–H groups in total. The number of hydrogen-bond donors (Lipinski definition) is 1. The smallest absolute Gasteiger partial charge is 0.0596 e. The first kappa shape index (κ1) is 15.8. The molecule has 1 heterocycles. The van der Waals surface area contributed by atoms with E-state index in [-0.39, 0.29) is 5.41 Å². The lowest BCUT2D eigenvalue weighted by Gasteiger charge is -2.35. The van der Waals surface area contributed by atoms with Crippen LogP contribution < -0.4 is 5.32 Å². The molecule has 21 heavy (non-hydrogen) atoms. The Morgan fingerprint density at radius 2 is 1.90 bits per heavy atom. The van der Waals surface area contributed by atoms with Gasteiger partial charge < -0.3 is 5.32 Å². The van der Waals surface area contributed by atoms with Gasteiger partial charge >= 0.3 is 0 Å². The Bertz CT molecular complexity index is 569. The van der Waals surface area contributed by atoms with Gasteiger partial charge in [0.05, 0.1) is 5.69 Å². The van der Waals surface area contributed by atoms with Crippen LogP contribution in [-0.2, 0) is 18.9 Å². The highest BCUT2D eigenvalue weighted by atomic mass is 15.3. The minimum Gasteiger partial charge on any atom is -0.313 e. The highest BCUT2D eigenvalue weighted by Gasteiger charge is 2.31. The number of aromatic nitrogens is 2. The number of rotatable bonds is 6. The van der Waals surface area contributed by atoms with Crippen LogP contribution in [0.2, 0.25) is 0 Å². The molecule has 1 aromatic carbocycles. The van der Waals surface area contributed by atoms with E-state index in [2.05, 4.69) is 67.6 Å². The summed E-state index contributed by atoms with van der Waals surface area (Å²) in [5.74, 6) is 0. The second-order valence-electron chi connectivity index (χ2n) is 6.30. The van der Waals surface area contributed by atoms with Crippen molar-refractivity contribution in [2.45, 2.75) is 45.6 Å². The number of nitrogens with one attached hydrogen (secondary N) is 1. The van der Waals surface area contributed by atoms with Crippen molar-refractivity contribution >= 4 is 0 Å². The van der Waals surface area contributed by atoms with Gasteiger partial charge in [0.2, 0.25) is 0 Å². The van der Waals surface area contributed by atoms with Crippen molar-refractivity contribution < 1.29 is 0 Å². The second-order valence-corrected chi connectivity index (χ2v) is 6.30. The third-order valence-corrected chi connectivity index (χ3v) is 4.35. The molecule has 0 saturated heterocycles. The third kappa shape index (κ3) is 3.53. The molecular formula is C18H27N3. The average Bonchev–Trinajstić information content (AvgIpc) is 2.77. The number of aryl methyl sites for hydroxylation is 2. The molecule has 1 aromatic heterocycles. The van der Waals surface area contributed by atoms with Gasteiger partial charge in [-0.1, -0.05) is 51.1 Å². The lowest BCUT2D eigenvalue weighted by molar-refractivity contribution is 0.337. The molecule has 0 aliphatic carbocycles. The summed E-state index contributed by atoms with van der Waals surface area (Å²) >= 11 is 0. The van der Waals surface area contributed by atoms with Gasteiger partial charge in [0.25, 0.3) is 0 Å². The van der Waals surface area contributed by atoms with Crippen LogP contribution in [0.5, 0.6) is 0 Å². The summed E-state index contributed by atoms with van der Waals surface area (Å²) in [7, 11) is 2.03. The van der Waals surface area contributed by atoms with Gasteiger partial charge in [-0.2, -0.15) is 5.10 Å². The Hall–Kier alpha value is -1.61. The molecule has 114 valence electrons. The summed E-state index contributed by atoms with van der Waals surface area (Å²) in [6, 6.07) is 13.3. The first-order chi connectivity index (χ1) is 9.95. The molecule has 0 fully saturated rings. The molecule has 0 saturated carbocycles. The van der Waals surface area contributed by atoms with Crippen molar-refractivity contribution in [1.82, 2.24) is 15.1 Å². The summed E-state index contributed by atoms with van der Waals surface area (Å²) in [5, 5.41) is 8.13. The van der Waals surface area contributed by atoms with E-state index in [4.69, 9.17) is 0 Å². The molecule has 3 nitrogen and oxygen atoms in total. The van der Waals surface area contributed by atoms with Crippen molar-refractivity contribution in [2.24, 2.45) is 7.05 Å². The first-order valence-corrected chi connectivity index (χ1v) is 7.73. The van der Waals surface area contributed by atoms with Gasteiger partial charge in [-0.05, 0) is 25.1 Å². The molecule has 1 unspecified atom stereocenters. The van der Waals surface area contributed by atoms with Crippen LogP contribution in [-0.4, -0.2) is 22.4 Å².